The van der Waals surface area contributed by atoms with Crippen LogP contribution in [-0.2, 0) is 6.18 Å². The Hall–Kier alpha value is -1.53. The fraction of sp³-hybridized carbons (Fsp3) is 0.636. The molecule has 0 spiro atoms. The second-order valence-corrected chi connectivity index (χ2v) is 3.81. The lowest BCUT2D eigenvalue weighted by Gasteiger charge is -2.12. The first-order valence-corrected chi connectivity index (χ1v) is 5.91. The van der Waals surface area contributed by atoms with E-state index >= 15 is 0 Å². The summed E-state index contributed by atoms with van der Waals surface area (Å²) in [6, 6.07) is 0.923. The van der Waals surface area contributed by atoms with Gasteiger partial charge >= 0.3 is 6.18 Å². The van der Waals surface area contributed by atoms with Gasteiger partial charge in [-0.05, 0) is 12.8 Å². The molecule has 0 aromatic carbocycles. The molecule has 1 aromatic rings. The number of anilines is 2. The zero-order valence-electron chi connectivity index (χ0n) is 10.4. The molecule has 0 aliphatic heterocycles. The highest BCUT2D eigenvalue weighted by molar-refractivity contribution is 5.43. The molecule has 0 amide bonds. The topological polar surface area (TPSA) is 49.8 Å². The molecular formula is C11H17F3N4. The first-order chi connectivity index (χ1) is 8.47. The van der Waals surface area contributed by atoms with E-state index in [1.54, 1.807) is 0 Å². The van der Waals surface area contributed by atoms with E-state index in [0.29, 0.717) is 13.1 Å². The fourth-order valence-electron chi connectivity index (χ4n) is 1.25. The number of hydrogen-bond acceptors (Lipinski definition) is 4. The highest BCUT2D eigenvalue weighted by Crippen LogP contribution is 2.29. The number of rotatable bonds is 6. The third-order valence-electron chi connectivity index (χ3n) is 2.11. The highest BCUT2D eigenvalue weighted by atomic mass is 19.4. The van der Waals surface area contributed by atoms with Crippen molar-refractivity contribution in [3.63, 3.8) is 0 Å². The Bertz CT molecular complexity index is 353. The number of halogens is 3. The van der Waals surface area contributed by atoms with Crippen molar-refractivity contribution in [1.82, 2.24) is 9.97 Å². The molecule has 0 saturated carbocycles. The molecule has 0 fully saturated rings. The van der Waals surface area contributed by atoms with E-state index in [2.05, 4.69) is 20.6 Å². The van der Waals surface area contributed by atoms with Gasteiger partial charge in [-0.2, -0.15) is 18.2 Å². The van der Waals surface area contributed by atoms with Crippen LogP contribution in [0.2, 0.25) is 0 Å². The Kier molecular flexibility index (Phi) is 5.18. The van der Waals surface area contributed by atoms with Crippen LogP contribution in [0.15, 0.2) is 6.07 Å². The minimum absolute atomic E-state index is 0.00489. The lowest BCUT2D eigenvalue weighted by Crippen LogP contribution is -2.14. The van der Waals surface area contributed by atoms with Crippen LogP contribution < -0.4 is 10.6 Å². The molecule has 18 heavy (non-hydrogen) atoms. The number of alkyl halides is 3. The summed E-state index contributed by atoms with van der Waals surface area (Å²) in [6.07, 6.45) is -2.87. The predicted octanol–water partition coefficient (Wildman–Crippen LogP) is 3.14. The SMILES string of the molecule is CCCNc1cc(C(F)(F)F)nc(NCCC)n1. The first kappa shape index (κ1) is 14.5. The van der Waals surface area contributed by atoms with Gasteiger partial charge in [0.15, 0.2) is 5.69 Å². The van der Waals surface area contributed by atoms with Crippen LogP contribution in [0, 0.1) is 0 Å². The first-order valence-electron chi connectivity index (χ1n) is 5.91. The van der Waals surface area contributed by atoms with Crippen LogP contribution in [0.4, 0.5) is 24.9 Å². The molecule has 0 saturated heterocycles. The Morgan fingerprint density at radius 1 is 1.06 bits per heavy atom. The Labute approximate surface area is 104 Å². The average Bonchev–Trinajstić information content (AvgIpc) is 2.32. The van der Waals surface area contributed by atoms with E-state index < -0.39 is 11.9 Å². The Morgan fingerprint density at radius 3 is 2.22 bits per heavy atom. The van der Waals surface area contributed by atoms with Gasteiger partial charge in [-0.3, -0.25) is 0 Å². The summed E-state index contributed by atoms with van der Waals surface area (Å²) < 4.78 is 37.9. The summed E-state index contributed by atoms with van der Waals surface area (Å²) in [4.78, 5) is 7.45. The molecule has 4 nitrogen and oxygen atoms in total. The standard InChI is InChI=1S/C11H17F3N4/c1-3-5-15-9-7-8(11(12,13)14)17-10(18-9)16-6-4-2/h7H,3-6H2,1-2H3,(H2,15,16,17,18). The molecule has 2 N–H and O–H groups in total. The van der Waals surface area contributed by atoms with Gasteiger partial charge in [-0.15, -0.1) is 0 Å². The molecule has 0 radical (unpaired) electrons. The normalized spacial score (nSPS) is 11.4. The molecular weight excluding hydrogens is 245 g/mol. The average molecular weight is 262 g/mol. The van der Waals surface area contributed by atoms with Crippen molar-refractivity contribution in [2.24, 2.45) is 0 Å². The van der Waals surface area contributed by atoms with E-state index in [4.69, 9.17) is 0 Å². The van der Waals surface area contributed by atoms with Crippen molar-refractivity contribution in [2.75, 3.05) is 23.7 Å². The quantitative estimate of drug-likeness (QED) is 0.827. The van der Waals surface area contributed by atoms with Crippen molar-refractivity contribution in [3.05, 3.63) is 11.8 Å². The summed E-state index contributed by atoms with van der Waals surface area (Å²) in [5, 5.41) is 5.59. The van der Waals surface area contributed by atoms with E-state index in [1.165, 1.54) is 0 Å². The zero-order valence-corrected chi connectivity index (χ0v) is 10.4. The van der Waals surface area contributed by atoms with Crippen molar-refractivity contribution in [1.29, 1.82) is 0 Å². The summed E-state index contributed by atoms with van der Waals surface area (Å²) in [6.45, 7) is 4.95. The lowest BCUT2D eigenvalue weighted by atomic mass is 10.3. The summed E-state index contributed by atoms with van der Waals surface area (Å²) in [5.41, 5.74) is -0.935. The molecule has 1 rings (SSSR count). The molecule has 1 aromatic heterocycles. The van der Waals surface area contributed by atoms with Crippen LogP contribution in [0.5, 0.6) is 0 Å². The molecule has 102 valence electrons. The van der Waals surface area contributed by atoms with Gasteiger partial charge < -0.3 is 10.6 Å². The fourth-order valence-corrected chi connectivity index (χ4v) is 1.25. The number of nitrogens with one attached hydrogen (secondary N) is 2. The Balaban J connectivity index is 2.96. The number of hydrogen-bond donors (Lipinski definition) is 2. The molecule has 0 aliphatic carbocycles. The van der Waals surface area contributed by atoms with Gasteiger partial charge in [-0.25, -0.2) is 4.98 Å². The van der Waals surface area contributed by atoms with Crippen molar-refractivity contribution in [2.45, 2.75) is 32.9 Å². The second-order valence-electron chi connectivity index (χ2n) is 3.81. The summed E-state index contributed by atoms with van der Waals surface area (Å²) >= 11 is 0. The van der Waals surface area contributed by atoms with Crippen molar-refractivity contribution in [3.8, 4) is 0 Å². The predicted molar refractivity (Wildman–Crippen MR) is 64.6 cm³/mol. The van der Waals surface area contributed by atoms with Gasteiger partial charge in [0.05, 0.1) is 0 Å². The lowest BCUT2D eigenvalue weighted by molar-refractivity contribution is -0.141. The van der Waals surface area contributed by atoms with E-state index in [-0.39, 0.29) is 11.8 Å². The maximum Gasteiger partial charge on any atom is 0.433 e. The third-order valence-corrected chi connectivity index (χ3v) is 2.11. The van der Waals surface area contributed by atoms with Crippen LogP contribution >= 0.6 is 0 Å². The number of nitrogens with zero attached hydrogens (tertiary/aromatic N) is 2. The molecule has 0 bridgehead atoms. The molecule has 0 aliphatic rings. The highest BCUT2D eigenvalue weighted by Gasteiger charge is 2.33. The van der Waals surface area contributed by atoms with Gasteiger partial charge in [0.25, 0.3) is 0 Å². The summed E-state index contributed by atoms with van der Waals surface area (Å²) in [7, 11) is 0. The molecule has 7 heteroatoms. The molecule has 0 unspecified atom stereocenters. The monoisotopic (exact) mass is 262 g/mol. The zero-order chi connectivity index (χ0) is 13.6. The third kappa shape index (κ3) is 4.38. The molecule has 0 atom stereocenters. The largest absolute Gasteiger partial charge is 0.433 e. The van der Waals surface area contributed by atoms with Crippen molar-refractivity contribution >= 4 is 11.8 Å². The maximum atomic E-state index is 12.6. The van der Waals surface area contributed by atoms with Crippen LogP contribution in [0.25, 0.3) is 0 Å². The van der Waals surface area contributed by atoms with Crippen LogP contribution in [0.3, 0.4) is 0 Å². The van der Waals surface area contributed by atoms with Crippen molar-refractivity contribution < 1.29 is 13.2 Å². The van der Waals surface area contributed by atoms with Gasteiger partial charge in [-0.1, -0.05) is 13.8 Å². The smallest absolute Gasteiger partial charge is 0.370 e. The minimum Gasteiger partial charge on any atom is -0.370 e. The maximum absolute atomic E-state index is 12.6. The summed E-state index contributed by atoms with van der Waals surface area (Å²) in [5.74, 6) is 0.197. The van der Waals surface area contributed by atoms with Gasteiger partial charge in [0, 0.05) is 19.2 Å². The van der Waals surface area contributed by atoms with E-state index in [0.717, 1.165) is 18.9 Å². The second kappa shape index (κ2) is 6.42. The van der Waals surface area contributed by atoms with Gasteiger partial charge in [0.2, 0.25) is 5.95 Å². The van der Waals surface area contributed by atoms with Crippen LogP contribution in [-0.4, -0.2) is 23.1 Å². The minimum atomic E-state index is -4.46. The number of aromatic nitrogens is 2. The molecule has 1 heterocycles. The van der Waals surface area contributed by atoms with E-state index in [9.17, 15) is 13.2 Å². The van der Waals surface area contributed by atoms with Gasteiger partial charge in [0.1, 0.15) is 5.82 Å². The van der Waals surface area contributed by atoms with E-state index in [1.807, 2.05) is 13.8 Å². The van der Waals surface area contributed by atoms with Crippen LogP contribution in [0.1, 0.15) is 32.4 Å². The Morgan fingerprint density at radius 2 is 1.67 bits per heavy atom.